The Hall–Kier alpha value is -1.33. The quantitative estimate of drug-likeness (QED) is 0.672. The van der Waals surface area contributed by atoms with Crippen LogP contribution in [-0.4, -0.2) is 46.3 Å². The number of β-amino-alcohol motifs (C(OH)–C–C–N with tert-alkyl or cyclic N) is 2. The van der Waals surface area contributed by atoms with Gasteiger partial charge in [0, 0.05) is 13.1 Å². The summed E-state index contributed by atoms with van der Waals surface area (Å²) in [4.78, 5) is 13.2. The molecule has 1 saturated heterocycles. The molecule has 0 radical (unpaired) electrons. The lowest BCUT2D eigenvalue weighted by molar-refractivity contribution is 0.0572. The van der Waals surface area contributed by atoms with Crippen molar-refractivity contribution in [1.82, 2.24) is 4.90 Å². The number of aryl methyl sites for hydroxylation is 1. The Morgan fingerprint density at radius 1 is 1.47 bits per heavy atom. The lowest BCUT2D eigenvalue weighted by Crippen LogP contribution is -2.29. The zero-order valence-electron chi connectivity index (χ0n) is 8.38. The van der Waals surface area contributed by atoms with Gasteiger partial charge >= 0.3 is 0 Å². The molecule has 0 saturated carbocycles. The Bertz CT molecular complexity index is 363. The standard InChI is InChI=1S/C10H13NO4/c1-6-2-7(5-15-6)10(14)11-3-8(12)9(13)4-11/h2,5,8-9,12-13H,3-4H2,1H3. The third-order valence-electron chi connectivity index (χ3n) is 2.52. The van der Waals surface area contributed by atoms with E-state index in [9.17, 15) is 15.0 Å². The summed E-state index contributed by atoms with van der Waals surface area (Å²) >= 11 is 0. The third-order valence-corrected chi connectivity index (χ3v) is 2.52. The minimum absolute atomic E-state index is 0.171. The summed E-state index contributed by atoms with van der Waals surface area (Å²) in [6, 6.07) is 1.64. The number of carbonyl (C=O) groups is 1. The number of amides is 1. The molecule has 1 aromatic heterocycles. The number of furan rings is 1. The Morgan fingerprint density at radius 2 is 2.07 bits per heavy atom. The summed E-state index contributed by atoms with van der Waals surface area (Å²) in [6.45, 7) is 2.10. The zero-order chi connectivity index (χ0) is 11.0. The van der Waals surface area contributed by atoms with Gasteiger partial charge in [-0.15, -0.1) is 0 Å². The maximum atomic E-state index is 11.8. The van der Waals surface area contributed by atoms with Crippen molar-refractivity contribution >= 4 is 5.91 Å². The van der Waals surface area contributed by atoms with Crippen molar-refractivity contribution in [3.8, 4) is 0 Å². The van der Waals surface area contributed by atoms with Crippen molar-refractivity contribution in [1.29, 1.82) is 0 Å². The fraction of sp³-hybridized carbons (Fsp3) is 0.500. The Morgan fingerprint density at radius 3 is 2.53 bits per heavy atom. The summed E-state index contributed by atoms with van der Waals surface area (Å²) in [5.41, 5.74) is 0.453. The van der Waals surface area contributed by atoms with E-state index >= 15 is 0 Å². The van der Waals surface area contributed by atoms with Crippen LogP contribution >= 0.6 is 0 Å². The molecule has 1 aromatic rings. The predicted molar refractivity (Wildman–Crippen MR) is 51.4 cm³/mol. The molecular weight excluding hydrogens is 198 g/mol. The molecule has 5 heteroatoms. The Kier molecular flexibility index (Phi) is 2.50. The van der Waals surface area contributed by atoms with E-state index in [0.29, 0.717) is 11.3 Å². The maximum Gasteiger partial charge on any atom is 0.257 e. The fourth-order valence-corrected chi connectivity index (χ4v) is 1.67. The summed E-state index contributed by atoms with van der Waals surface area (Å²) in [6.07, 6.45) is -0.307. The number of rotatable bonds is 1. The Labute approximate surface area is 86.9 Å². The van der Waals surface area contributed by atoms with Gasteiger partial charge in [0.2, 0.25) is 0 Å². The van der Waals surface area contributed by atoms with Crippen LogP contribution in [0.4, 0.5) is 0 Å². The monoisotopic (exact) mass is 211 g/mol. The summed E-state index contributed by atoms with van der Waals surface area (Å²) in [5.74, 6) is 0.445. The van der Waals surface area contributed by atoms with E-state index in [1.54, 1.807) is 13.0 Å². The minimum Gasteiger partial charge on any atom is -0.469 e. The topological polar surface area (TPSA) is 73.9 Å². The van der Waals surface area contributed by atoms with Gasteiger partial charge in [-0.05, 0) is 13.0 Å². The first-order valence-corrected chi connectivity index (χ1v) is 4.78. The van der Waals surface area contributed by atoms with Crippen LogP contribution in [0.15, 0.2) is 16.7 Å². The first-order chi connectivity index (χ1) is 7.08. The van der Waals surface area contributed by atoms with Crippen LogP contribution in [-0.2, 0) is 0 Å². The number of likely N-dealkylation sites (tertiary alicyclic amines) is 1. The first-order valence-electron chi connectivity index (χ1n) is 4.78. The predicted octanol–water partition coefficient (Wildman–Crippen LogP) is -0.234. The maximum absolute atomic E-state index is 11.8. The van der Waals surface area contributed by atoms with Crippen LogP contribution in [0.25, 0.3) is 0 Å². The summed E-state index contributed by atoms with van der Waals surface area (Å²) < 4.78 is 5.03. The van der Waals surface area contributed by atoms with Gasteiger partial charge in [0.15, 0.2) is 0 Å². The van der Waals surface area contributed by atoms with Crippen LogP contribution in [0.3, 0.4) is 0 Å². The molecule has 82 valence electrons. The van der Waals surface area contributed by atoms with Gasteiger partial charge in [-0.1, -0.05) is 0 Å². The highest BCUT2D eigenvalue weighted by atomic mass is 16.3. The third kappa shape index (κ3) is 1.88. The van der Waals surface area contributed by atoms with E-state index in [-0.39, 0.29) is 19.0 Å². The summed E-state index contributed by atoms with van der Waals surface area (Å²) in [7, 11) is 0. The highest BCUT2D eigenvalue weighted by molar-refractivity contribution is 5.94. The fourth-order valence-electron chi connectivity index (χ4n) is 1.67. The second-order valence-corrected chi connectivity index (χ2v) is 3.79. The van der Waals surface area contributed by atoms with Crippen LogP contribution in [0, 0.1) is 6.92 Å². The molecule has 0 aromatic carbocycles. The second-order valence-electron chi connectivity index (χ2n) is 3.79. The smallest absolute Gasteiger partial charge is 0.257 e. The largest absolute Gasteiger partial charge is 0.469 e. The van der Waals surface area contributed by atoms with Crippen molar-refractivity contribution in [3.63, 3.8) is 0 Å². The average Bonchev–Trinajstić information content (AvgIpc) is 2.74. The molecule has 1 fully saturated rings. The van der Waals surface area contributed by atoms with Gasteiger partial charge in [0.1, 0.15) is 12.0 Å². The highest BCUT2D eigenvalue weighted by Gasteiger charge is 2.33. The van der Waals surface area contributed by atoms with Crippen molar-refractivity contribution in [3.05, 3.63) is 23.7 Å². The number of nitrogens with zero attached hydrogens (tertiary/aromatic N) is 1. The van der Waals surface area contributed by atoms with Gasteiger partial charge in [-0.25, -0.2) is 0 Å². The molecule has 2 atom stereocenters. The van der Waals surface area contributed by atoms with Crippen molar-refractivity contribution < 1.29 is 19.4 Å². The number of hydrogen-bond donors (Lipinski definition) is 2. The molecule has 0 spiro atoms. The molecule has 2 N–H and O–H groups in total. The molecule has 1 aliphatic heterocycles. The Balaban J connectivity index is 2.10. The lowest BCUT2D eigenvalue weighted by atomic mass is 10.3. The number of aliphatic hydroxyl groups is 2. The molecule has 0 aliphatic carbocycles. The normalized spacial score (nSPS) is 25.9. The van der Waals surface area contributed by atoms with Crippen LogP contribution in [0.2, 0.25) is 0 Å². The molecule has 2 unspecified atom stereocenters. The first kappa shape index (κ1) is 10.2. The highest BCUT2D eigenvalue weighted by Crippen LogP contribution is 2.15. The summed E-state index contributed by atoms with van der Waals surface area (Å²) in [5, 5.41) is 18.6. The van der Waals surface area contributed by atoms with Gasteiger partial charge in [-0.3, -0.25) is 4.79 Å². The SMILES string of the molecule is Cc1cc(C(=O)N2CC(O)C(O)C2)co1. The van der Waals surface area contributed by atoms with E-state index in [0.717, 1.165) is 0 Å². The molecule has 0 bridgehead atoms. The molecular formula is C10H13NO4. The lowest BCUT2D eigenvalue weighted by Gasteiger charge is -2.13. The van der Waals surface area contributed by atoms with Gasteiger partial charge in [0.25, 0.3) is 5.91 Å². The molecule has 1 amide bonds. The van der Waals surface area contributed by atoms with Crippen molar-refractivity contribution in [2.24, 2.45) is 0 Å². The van der Waals surface area contributed by atoms with E-state index in [1.165, 1.54) is 11.2 Å². The number of aliphatic hydroxyl groups excluding tert-OH is 2. The van der Waals surface area contributed by atoms with Crippen LogP contribution < -0.4 is 0 Å². The van der Waals surface area contributed by atoms with E-state index < -0.39 is 12.2 Å². The minimum atomic E-state index is -0.845. The zero-order valence-corrected chi connectivity index (χ0v) is 8.38. The van der Waals surface area contributed by atoms with Gasteiger partial charge in [-0.2, -0.15) is 0 Å². The average molecular weight is 211 g/mol. The molecule has 5 nitrogen and oxygen atoms in total. The van der Waals surface area contributed by atoms with E-state index in [4.69, 9.17) is 4.42 Å². The molecule has 15 heavy (non-hydrogen) atoms. The van der Waals surface area contributed by atoms with Crippen molar-refractivity contribution in [2.75, 3.05) is 13.1 Å². The second kappa shape index (κ2) is 3.67. The van der Waals surface area contributed by atoms with E-state index in [2.05, 4.69) is 0 Å². The van der Waals surface area contributed by atoms with Gasteiger partial charge < -0.3 is 19.5 Å². The number of carbonyl (C=O) groups excluding carboxylic acids is 1. The van der Waals surface area contributed by atoms with E-state index in [1.807, 2.05) is 0 Å². The van der Waals surface area contributed by atoms with Crippen LogP contribution in [0.1, 0.15) is 16.1 Å². The van der Waals surface area contributed by atoms with Crippen LogP contribution in [0.5, 0.6) is 0 Å². The molecule has 2 rings (SSSR count). The molecule has 1 aliphatic rings. The number of hydrogen-bond acceptors (Lipinski definition) is 4. The molecule has 2 heterocycles. The van der Waals surface area contributed by atoms with Crippen molar-refractivity contribution in [2.45, 2.75) is 19.1 Å². The van der Waals surface area contributed by atoms with Gasteiger partial charge in [0.05, 0.1) is 17.8 Å².